The number of allylic oxidation sites excluding steroid dienone is 2. The van der Waals surface area contributed by atoms with E-state index in [1.165, 1.54) is 64.3 Å². The van der Waals surface area contributed by atoms with E-state index in [1.807, 2.05) is 0 Å². The molecule has 1 aromatic heterocycles. The van der Waals surface area contributed by atoms with Gasteiger partial charge in [0.15, 0.2) is 11.5 Å². The zero-order valence-corrected chi connectivity index (χ0v) is 25.3. The van der Waals surface area contributed by atoms with Gasteiger partial charge in [0.1, 0.15) is 19.0 Å². The molecule has 0 aliphatic rings. The highest BCUT2D eigenvalue weighted by molar-refractivity contribution is 5.74. The summed E-state index contributed by atoms with van der Waals surface area (Å²) in [5, 5.41) is 36.4. The van der Waals surface area contributed by atoms with Crippen molar-refractivity contribution in [3.63, 3.8) is 0 Å². The summed E-state index contributed by atoms with van der Waals surface area (Å²) >= 11 is 0. The van der Waals surface area contributed by atoms with E-state index in [0.717, 1.165) is 6.07 Å². The van der Waals surface area contributed by atoms with Gasteiger partial charge in [-0.3, -0.25) is 15.1 Å². The topological polar surface area (TPSA) is 133 Å². The van der Waals surface area contributed by atoms with Crippen LogP contribution in [0.3, 0.4) is 0 Å². The van der Waals surface area contributed by atoms with Crippen molar-refractivity contribution in [3.8, 4) is 11.5 Å². The van der Waals surface area contributed by atoms with Crippen LogP contribution in [-0.4, -0.2) is 64.9 Å². The highest BCUT2D eigenvalue weighted by atomic mass is 19.4. The zero-order valence-electron chi connectivity index (χ0n) is 25.3. The minimum Gasteiger partial charge on any atom is -0.493 e. The smallest absolute Gasteiger partial charge is 0.424 e. The van der Waals surface area contributed by atoms with Gasteiger partial charge < -0.3 is 30.1 Å². The fourth-order valence-electron chi connectivity index (χ4n) is 4.17. The number of benzene rings is 1. The third-order valence-corrected chi connectivity index (χ3v) is 6.61. The van der Waals surface area contributed by atoms with Gasteiger partial charge in [-0.1, -0.05) is 25.1 Å². The van der Waals surface area contributed by atoms with E-state index in [-0.39, 0.29) is 34.9 Å². The molecule has 43 heavy (non-hydrogen) atoms. The summed E-state index contributed by atoms with van der Waals surface area (Å²) in [6.07, 6.45) is -6.33. The molecule has 1 heterocycles. The Kier molecular flexibility index (Phi) is 12.1. The molecular weight excluding hydrogens is 574 g/mol. The molecule has 2 aromatic rings. The molecule has 0 bridgehead atoms. The summed E-state index contributed by atoms with van der Waals surface area (Å²) in [5.41, 5.74) is -5.10. The predicted octanol–water partition coefficient (Wildman–Crippen LogP) is 4.27. The number of hydrogen-bond acceptors (Lipinski definition) is 8. The van der Waals surface area contributed by atoms with Crippen molar-refractivity contribution < 1.29 is 47.1 Å². The van der Waals surface area contributed by atoms with E-state index in [1.54, 1.807) is 20.8 Å². The lowest BCUT2D eigenvalue weighted by Crippen LogP contribution is -2.51. The highest BCUT2D eigenvalue weighted by Crippen LogP contribution is 2.40. The predicted molar refractivity (Wildman–Crippen MR) is 152 cm³/mol. The normalized spacial score (nSPS) is 16.7. The van der Waals surface area contributed by atoms with Gasteiger partial charge >= 0.3 is 6.18 Å². The number of nitrogens with one attached hydrogen (secondary N) is 2. The van der Waals surface area contributed by atoms with Gasteiger partial charge in [0.2, 0.25) is 11.5 Å². The third kappa shape index (κ3) is 9.62. The maximum Gasteiger partial charge on any atom is 0.424 e. The number of hydrogen-bond donors (Lipinski definition) is 5. The molecule has 0 saturated carbocycles. The van der Waals surface area contributed by atoms with Gasteiger partial charge in [0.05, 0.1) is 24.4 Å². The Morgan fingerprint density at radius 1 is 1.07 bits per heavy atom. The largest absolute Gasteiger partial charge is 0.493 e. The standard InChI is InChI=1S/C30H41F4N3O6/c1-17(8-9-18(2)31)23-13-22(28(5,6)37-20(4)39)14-26(36-23)29(41,30(32,33)34)16-35-27(40)21-10-11-24(25(12-21)42-7)43-15-19(3)38/h8-14,17-19,27,35,38,40-41H,15-16H2,1-7H3,(H,37,39)/b9-8-/t17-,18?,19?,27?,29?/m0/s1. The number of alkyl halides is 4. The van der Waals surface area contributed by atoms with Crippen molar-refractivity contribution in [2.75, 3.05) is 20.3 Å². The summed E-state index contributed by atoms with van der Waals surface area (Å²) in [5.74, 6) is -0.679. The number of aliphatic hydroxyl groups is 3. The summed E-state index contributed by atoms with van der Waals surface area (Å²) in [6, 6.07) is 6.69. The average Bonchev–Trinajstić information content (AvgIpc) is 2.91. The zero-order chi connectivity index (χ0) is 32.8. The molecule has 1 aromatic carbocycles. The van der Waals surface area contributed by atoms with Crippen LogP contribution in [0.4, 0.5) is 17.6 Å². The van der Waals surface area contributed by atoms with Crippen LogP contribution < -0.4 is 20.1 Å². The van der Waals surface area contributed by atoms with E-state index in [0.29, 0.717) is 0 Å². The van der Waals surface area contributed by atoms with E-state index in [4.69, 9.17) is 9.47 Å². The molecule has 240 valence electrons. The van der Waals surface area contributed by atoms with Crippen molar-refractivity contribution in [2.45, 2.75) is 83.3 Å². The van der Waals surface area contributed by atoms with Gasteiger partial charge in [-0.05, 0) is 63.1 Å². The second-order valence-corrected chi connectivity index (χ2v) is 11.0. The van der Waals surface area contributed by atoms with Crippen LogP contribution in [0, 0.1) is 0 Å². The van der Waals surface area contributed by atoms with Gasteiger partial charge in [0.25, 0.3) is 0 Å². The number of aliphatic hydroxyl groups excluding tert-OH is 2. The summed E-state index contributed by atoms with van der Waals surface area (Å²) < 4.78 is 67.9. The van der Waals surface area contributed by atoms with E-state index < -0.39 is 59.9 Å². The number of ether oxygens (including phenoxy) is 2. The number of methoxy groups -OCH3 is 1. The van der Waals surface area contributed by atoms with Crippen molar-refractivity contribution in [1.29, 1.82) is 0 Å². The summed E-state index contributed by atoms with van der Waals surface area (Å²) in [7, 11) is 1.33. The Morgan fingerprint density at radius 2 is 1.72 bits per heavy atom. The molecule has 0 spiro atoms. The first-order valence-electron chi connectivity index (χ1n) is 13.6. The van der Waals surface area contributed by atoms with Crippen LogP contribution in [0.1, 0.15) is 76.2 Å². The van der Waals surface area contributed by atoms with Crippen molar-refractivity contribution in [1.82, 2.24) is 15.6 Å². The van der Waals surface area contributed by atoms with Crippen molar-refractivity contribution in [2.24, 2.45) is 0 Å². The van der Waals surface area contributed by atoms with Crippen molar-refractivity contribution in [3.05, 3.63) is 65.0 Å². The van der Waals surface area contributed by atoms with Crippen LogP contribution in [0.5, 0.6) is 11.5 Å². The summed E-state index contributed by atoms with van der Waals surface area (Å²) in [6.45, 7) is 7.60. The molecule has 0 fully saturated rings. The SMILES string of the molecule is COc1cc(C(O)NCC(O)(c2cc(C(C)(C)NC(C)=O)cc([C@@H](C)/C=C\C(C)F)n2)C(F)(F)F)ccc1OCC(C)O. The van der Waals surface area contributed by atoms with Crippen LogP contribution in [0.25, 0.3) is 0 Å². The van der Waals surface area contributed by atoms with Crippen LogP contribution in [0.15, 0.2) is 42.5 Å². The molecule has 0 radical (unpaired) electrons. The molecule has 2 rings (SSSR count). The summed E-state index contributed by atoms with van der Waals surface area (Å²) in [4.78, 5) is 16.0. The Labute approximate surface area is 248 Å². The highest BCUT2D eigenvalue weighted by Gasteiger charge is 2.56. The number of amides is 1. The first kappa shape index (κ1) is 35.9. The molecule has 0 saturated heterocycles. The Bertz CT molecular complexity index is 1270. The molecule has 13 heteroatoms. The molecule has 4 unspecified atom stereocenters. The maximum absolute atomic E-state index is 14.6. The molecule has 9 nitrogen and oxygen atoms in total. The lowest BCUT2D eigenvalue weighted by molar-refractivity contribution is -0.267. The Balaban J connectivity index is 2.54. The molecule has 0 aliphatic heterocycles. The maximum atomic E-state index is 14.6. The quantitative estimate of drug-likeness (QED) is 0.121. The first-order chi connectivity index (χ1) is 19.8. The van der Waals surface area contributed by atoms with Crippen LogP contribution in [0.2, 0.25) is 0 Å². The van der Waals surface area contributed by atoms with Gasteiger partial charge in [-0.15, -0.1) is 0 Å². The molecule has 1 amide bonds. The van der Waals surface area contributed by atoms with Gasteiger partial charge in [-0.2, -0.15) is 13.2 Å². The van der Waals surface area contributed by atoms with Crippen LogP contribution >= 0.6 is 0 Å². The monoisotopic (exact) mass is 615 g/mol. The number of carbonyl (C=O) groups is 1. The third-order valence-electron chi connectivity index (χ3n) is 6.61. The lowest BCUT2D eigenvalue weighted by atomic mass is 9.88. The molecule has 5 N–H and O–H groups in total. The van der Waals surface area contributed by atoms with Crippen molar-refractivity contribution >= 4 is 5.91 Å². The Hall–Kier alpha value is -3.26. The fourth-order valence-corrected chi connectivity index (χ4v) is 4.17. The molecule has 0 aliphatic carbocycles. The minimum atomic E-state index is -5.26. The van der Waals surface area contributed by atoms with E-state index >= 15 is 0 Å². The fraction of sp³-hybridized carbons (Fsp3) is 0.533. The second kappa shape index (κ2) is 14.5. The first-order valence-corrected chi connectivity index (χ1v) is 13.6. The van der Waals surface area contributed by atoms with Crippen LogP contribution in [-0.2, 0) is 15.9 Å². The van der Waals surface area contributed by atoms with Gasteiger partial charge in [0, 0.05) is 25.1 Å². The molecule has 5 atom stereocenters. The van der Waals surface area contributed by atoms with Gasteiger partial charge in [-0.25, -0.2) is 4.39 Å². The number of carbonyl (C=O) groups excluding carboxylic acids is 1. The Morgan fingerprint density at radius 3 is 2.26 bits per heavy atom. The number of rotatable bonds is 14. The number of nitrogens with zero attached hydrogens (tertiary/aromatic N) is 1. The minimum absolute atomic E-state index is 0.0386. The number of aromatic nitrogens is 1. The number of halogens is 4. The average molecular weight is 616 g/mol. The van der Waals surface area contributed by atoms with E-state index in [2.05, 4.69) is 15.6 Å². The second-order valence-electron chi connectivity index (χ2n) is 11.0. The van der Waals surface area contributed by atoms with E-state index in [9.17, 15) is 37.7 Å². The lowest BCUT2D eigenvalue weighted by Gasteiger charge is -2.34. The number of pyridine rings is 1. The molecular formula is C30H41F4N3O6.